The third-order valence-electron chi connectivity index (χ3n) is 5.09. The van der Waals surface area contributed by atoms with Gasteiger partial charge in [-0.25, -0.2) is 0 Å². The molecule has 7 heteroatoms. The first kappa shape index (κ1) is 22.0. The van der Waals surface area contributed by atoms with Gasteiger partial charge in [0, 0.05) is 28.9 Å². The van der Waals surface area contributed by atoms with E-state index in [0.717, 1.165) is 17.5 Å². The number of benzene rings is 2. The Morgan fingerprint density at radius 1 is 0.970 bits per heavy atom. The van der Waals surface area contributed by atoms with Crippen molar-refractivity contribution >= 4 is 16.8 Å². The lowest BCUT2D eigenvalue weighted by atomic mass is 9.97. The topological polar surface area (TPSA) is 54.9 Å². The molecule has 0 spiro atoms. The van der Waals surface area contributed by atoms with Gasteiger partial charge >= 0.3 is 6.18 Å². The van der Waals surface area contributed by atoms with Gasteiger partial charge in [0.2, 0.25) is 0 Å². The number of aromatic nitrogens is 2. The third kappa shape index (κ3) is 4.85. The van der Waals surface area contributed by atoms with Crippen molar-refractivity contribution in [3.63, 3.8) is 0 Å². The quantitative estimate of drug-likeness (QED) is 0.420. The number of carbonyl (C=O) groups excluding carboxylic acids is 1. The molecule has 1 N–H and O–H groups in total. The second kappa shape index (κ2) is 9.13. The maximum Gasteiger partial charge on any atom is 0.416 e. The standard InChI is InChI=1S/C26H18F3N3O/c1-2-5-18-7-4-15-31-23(18)24(19-10-12-21(13-11-19)26(27,28)29)32-25(33)20-9-8-17-6-3-14-30-22(17)16-20/h3-4,6-16,24H,1H3,(H,32,33). The Hall–Kier alpha value is -4.18. The van der Waals surface area contributed by atoms with Crippen LogP contribution in [0.15, 0.2) is 79.1 Å². The van der Waals surface area contributed by atoms with Crippen LogP contribution in [0.4, 0.5) is 13.2 Å². The van der Waals surface area contributed by atoms with Gasteiger partial charge in [-0.15, -0.1) is 5.92 Å². The summed E-state index contributed by atoms with van der Waals surface area (Å²) in [4.78, 5) is 21.8. The number of halogens is 3. The molecule has 0 aliphatic rings. The van der Waals surface area contributed by atoms with Gasteiger partial charge in [0.1, 0.15) is 0 Å². The summed E-state index contributed by atoms with van der Waals surface area (Å²) < 4.78 is 39.2. The van der Waals surface area contributed by atoms with E-state index in [1.165, 1.54) is 12.1 Å². The van der Waals surface area contributed by atoms with Gasteiger partial charge in [-0.2, -0.15) is 13.2 Å². The molecule has 4 nitrogen and oxygen atoms in total. The highest BCUT2D eigenvalue weighted by atomic mass is 19.4. The fourth-order valence-corrected chi connectivity index (χ4v) is 3.48. The molecule has 2 heterocycles. The molecule has 0 saturated heterocycles. The summed E-state index contributed by atoms with van der Waals surface area (Å²) in [6.07, 6.45) is -1.27. The van der Waals surface area contributed by atoms with E-state index in [4.69, 9.17) is 0 Å². The van der Waals surface area contributed by atoms with Gasteiger partial charge in [0.05, 0.1) is 22.8 Å². The predicted octanol–water partition coefficient (Wildman–Crippen LogP) is 5.54. The van der Waals surface area contributed by atoms with Crippen LogP contribution >= 0.6 is 0 Å². The molecule has 164 valence electrons. The Balaban J connectivity index is 1.75. The van der Waals surface area contributed by atoms with Crippen LogP contribution in [0.1, 0.15) is 45.7 Å². The smallest absolute Gasteiger partial charge is 0.339 e. The van der Waals surface area contributed by atoms with Gasteiger partial charge in [-0.3, -0.25) is 14.8 Å². The summed E-state index contributed by atoms with van der Waals surface area (Å²) in [5.74, 6) is 5.34. The number of nitrogens with one attached hydrogen (secondary N) is 1. The van der Waals surface area contributed by atoms with Crippen LogP contribution in [0.5, 0.6) is 0 Å². The normalized spacial score (nSPS) is 12.0. The first-order valence-electron chi connectivity index (χ1n) is 10.1. The number of fused-ring (bicyclic) bond motifs is 1. The summed E-state index contributed by atoms with van der Waals surface area (Å²) >= 11 is 0. The number of nitrogens with zero attached hydrogens (tertiary/aromatic N) is 2. The fourth-order valence-electron chi connectivity index (χ4n) is 3.48. The van der Waals surface area contributed by atoms with Gasteiger partial charge in [0.25, 0.3) is 5.91 Å². The molecule has 0 fully saturated rings. The molecule has 1 atom stereocenters. The second-order valence-corrected chi connectivity index (χ2v) is 7.25. The summed E-state index contributed by atoms with van der Waals surface area (Å²) in [5.41, 5.74) is 1.73. The van der Waals surface area contributed by atoms with E-state index in [1.807, 2.05) is 6.07 Å². The van der Waals surface area contributed by atoms with E-state index in [0.29, 0.717) is 27.9 Å². The van der Waals surface area contributed by atoms with Crippen LogP contribution in [0.25, 0.3) is 10.9 Å². The lowest BCUT2D eigenvalue weighted by Gasteiger charge is -2.21. The summed E-state index contributed by atoms with van der Waals surface area (Å²) in [6.45, 7) is 1.67. The van der Waals surface area contributed by atoms with Crippen molar-refractivity contribution in [3.8, 4) is 11.8 Å². The molecule has 0 saturated carbocycles. The zero-order valence-corrected chi connectivity index (χ0v) is 17.5. The zero-order valence-electron chi connectivity index (χ0n) is 17.5. The molecule has 0 radical (unpaired) electrons. The van der Waals surface area contributed by atoms with E-state index >= 15 is 0 Å². The highest BCUT2D eigenvalue weighted by Gasteiger charge is 2.31. The van der Waals surface area contributed by atoms with E-state index in [1.54, 1.807) is 55.7 Å². The number of hydrogen-bond donors (Lipinski definition) is 1. The number of amides is 1. The van der Waals surface area contributed by atoms with Gasteiger partial charge in [-0.1, -0.05) is 30.2 Å². The average molecular weight is 445 g/mol. The van der Waals surface area contributed by atoms with Crippen molar-refractivity contribution < 1.29 is 18.0 Å². The number of alkyl halides is 3. The lowest BCUT2D eigenvalue weighted by Crippen LogP contribution is -2.30. The molecule has 0 bridgehead atoms. The van der Waals surface area contributed by atoms with Gasteiger partial charge in [-0.05, 0) is 55.0 Å². The Kier molecular flexibility index (Phi) is 6.09. The molecular formula is C26H18F3N3O. The van der Waals surface area contributed by atoms with Gasteiger partial charge < -0.3 is 5.32 Å². The van der Waals surface area contributed by atoms with Crippen molar-refractivity contribution in [2.75, 3.05) is 0 Å². The van der Waals surface area contributed by atoms with Crippen LogP contribution < -0.4 is 5.32 Å². The minimum absolute atomic E-state index is 0.372. The first-order valence-corrected chi connectivity index (χ1v) is 10.1. The minimum atomic E-state index is -4.46. The highest BCUT2D eigenvalue weighted by molar-refractivity contribution is 5.98. The molecule has 4 aromatic rings. The number of hydrogen-bond acceptors (Lipinski definition) is 3. The van der Waals surface area contributed by atoms with Crippen molar-refractivity contribution in [3.05, 3.63) is 107 Å². The van der Waals surface area contributed by atoms with Gasteiger partial charge in [0.15, 0.2) is 0 Å². The van der Waals surface area contributed by atoms with Crippen LogP contribution in [-0.2, 0) is 6.18 Å². The second-order valence-electron chi connectivity index (χ2n) is 7.25. The lowest BCUT2D eigenvalue weighted by molar-refractivity contribution is -0.137. The first-order chi connectivity index (χ1) is 15.9. The molecule has 0 aliphatic carbocycles. The average Bonchev–Trinajstić information content (AvgIpc) is 2.82. The van der Waals surface area contributed by atoms with Crippen LogP contribution in [0, 0.1) is 11.8 Å². The van der Waals surface area contributed by atoms with E-state index in [-0.39, 0.29) is 0 Å². The van der Waals surface area contributed by atoms with Crippen molar-refractivity contribution in [2.45, 2.75) is 19.1 Å². The summed E-state index contributed by atoms with van der Waals surface area (Å²) in [5, 5.41) is 3.80. The number of pyridine rings is 2. The fraction of sp³-hybridized carbons (Fsp3) is 0.115. The van der Waals surface area contributed by atoms with Crippen molar-refractivity contribution in [1.29, 1.82) is 0 Å². The predicted molar refractivity (Wildman–Crippen MR) is 119 cm³/mol. The third-order valence-corrected chi connectivity index (χ3v) is 5.09. The summed E-state index contributed by atoms with van der Waals surface area (Å²) in [7, 11) is 0. The van der Waals surface area contributed by atoms with Crippen LogP contribution in [0.3, 0.4) is 0 Å². The maximum atomic E-state index is 13.2. The molecule has 1 unspecified atom stereocenters. The Morgan fingerprint density at radius 3 is 2.42 bits per heavy atom. The van der Waals surface area contributed by atoms with Crippen LogP contribution in [0.2, 0.25) is 0 Å². The van der Waals surface area contributed by atoms with Crippen LogP contribution in [-0.4, -0.2) is 15.9 Å². The molecule has 33 heavy (non-hydrogen) atoms. The Bertz CT molecular complexity index is 1370. The monoisotopic (exact) mass is 445 g/mol. The Morgan fingerprint density at radius 2 is 1.70 bits per heavy atom. The van der Waals surface area contributed by atoms with Crippen molar-refractivity contribution in [2.24, 2.45) is 0 Å². The largest absolute Gasteiger partial charge is 0.416 e. The van der Waals surface area contributed by atoms with E-state index in [9.17, 15) is 18.0 Å². The maximum absolute atomic E-state index is 13.2. The molecule has 0 aliphatic heterocycles. The SMILES string of the molecule is CC#Cc1cccnc1C(NC(=O)c1ccc2cccnc2c1)c1ccc(C(F)(F)F)cc1. The Labute approximate surface area is 188 Å². The highest BCUT2D eigenvalue weighted by Crippen LogP contribution is 2.31. The number of carbonyl (C=O) groups is 1. The van der Waals surface area contributed by atoms with Crippen molar-refractivity contribution in [1.82, 2.24) is 15.3 Å². The molecule has 4 rings (SSSR count). The summed E-state index contributed by atoms with van der Waals surface area (Å²) in [6, 6.07) is 16.1. The van der Waals surface area contributed by atoms with E-state index in [2.05, 4.69) is 27.1 Å². The molecule has 2 aromatic heterocycles. The molecular weight excluding hydrogens is 427 g/mol. The molecule has 1 amide bonds. The minimum Gasteiger partial charge on any atom is -0.339 e. The molecule has 2 aromatic carbocycles. The van der Waals surface area contributed by atoms with E-state index < -0.39 is 23.7 Å². The zero-order chi connectivity index (χ0) is 23.4. The number of rotatable bonds is 4.